The number of carbonyl (C=O) groups is 2. The third-order valence-electron chi connectivity index (χ3n) is 6.14. The summed E-state index contributed by atoms with van der Waals surface area (Å²) in [5.74, 6) is 0.520. The van der Waals surface area contributed by atoms with E-state index in [0.29, 0.717) is 32.6 Å². The number of hydrogen-bond donors (Lipinski definition) is 0. The molecule has 0 saturated carbocycles. The molecule has 1 aliphatic rings. The lowest BCUT2D eigenvalue weighted by Crippen LogP contribution is -2.52. The molecule has 2 aromatic rings. The minimum Gasteiger partial charge on any atom is -0.348 e. The molecule has 0 atom stereocenters. The summed E-state index contributed by atoms with van der Waals surface area (Å²) in [6.07, 6.45) is 2.19. The fourth-order valence-corrected chi connectivity index (χ4v) is 4.16. The lowest BCUT2D eigenvalue weighted by molar-refractivity contribution is -0.142. The summed E-state index contributed by atoms with van der Waals surface area (Å²) in [4.78, 5) is 29.3. The topological polar surface area (TPSA) is 45.6 Å². The van der Waals surface area contributed by atoms with Crippen LogP contribution in [0.25, 0.3) is 10.9 Å². The zero-order chi connectivity index (χ0) is 19.6. The van der Waals surface area contributed by atoms with Gasteiger partial charge in [-0.05, 0) is 31.4 Å². The van der Waals surface area contributed by atoms with E-state index in [0.717, 1.165) is 29.5 Å². The Morgan fingerprint density at radius 1 is 1.00 bits per heavy atom. The van der Waals surface area contributed by atoms with E-state index in [1.807, 2.05) is 29.0 Å². The third kappa shape index (κ3) is 3.73. The van der Waals surface area contributed by atoms with Gasteiger partial charge in [0.2, 0.25) is 11.8 Å². The van der Waals surface area contributed by atoms with Crippen LogP contribution in [-0.4, -0.2) is 52.4 Å². The summed E-state index contributed by atoms with van der Waals surface area (Å²) < 4.78 is 2.16. The summed E-state index contributed by atoms with van der Waals surface area (Å²) in [5.41, 5.74) is 3.43. The molecule has 0 N–H and O–H groups in total. The molecule has 0 unspecified atom stereocenters. The van der Waals surface area contributed by atoms with Crippen molar-refractivity contribution in [3.63, 3.8) is 0 Å². The molecule has 2 heterocycles. The van der Waals surface area contributed by atoms with Crippen molar-refractivity contribution in [3.05, 3.63) is 35.5 Å². The van der Waals surface area contributed by atoms with E-state index in [2.05, 4.69) is 37.5 Å². The van der Waals surface area contributed by atoms with E-state index in [1.54, 1.807) is 0 Å². The summed E-state index contributed by atoms with van der Waals surface area (Å²) in [7, 11) is 2.05. The highest BCUT2D eigenvalue weighted by Gasteiger charge is 2.28. The molecule has 0 spiro atoms. The Kier molecular flexibility index (Phi) is 5.88. The van der Waals surface area contributed by atoms with Crippen LogP contribution in [0.3, 0.4) is 0 Å². The molecule has 0 radical (unpaired) electrons. The summed E-state index contributed by atoms with van der Waals surface area (Å²) >= 11 is 0. The molecule has 1 aromatic carbocycles. The summed E-state index contributed by atoms with van der Waals surface area (Å²) in [6.45, 7) is 8.78. The Morgan fingerprint density at radius 3 is 2.22 bits per heavy atom. The van der Waals surface area contributed by atoms with Crippen molar-refractivity contribution in [2.45, 2.75) is 40.0 Å². The lowest BCUT2D eigenvalue weighted by Gasteiger charge is -2.36. The molecule has 1 aromatic heterocycles. The quantitative estimate of drug-likeness (QED) is 0.813. The van der Waals surface area contributed by atoms with Gasteiger partial charge in [0.1, 0.15) is 0 Å². The monoisotopic (exact) mass is 369 g/mol. The third-order valence-corrected chi connectivity index (χ3v) is 6.14. The second-order valence-electron chi connectivity index (χ2n) is 7.54. The van der Waals surface area contributed by atoms with Gasteiger partial charge in [-0.1, -0.05) is 32.0 Å². The number of aromatic nitrogens is 1. The van der Waals surface area contributed by atoms with Crippen LogP contribution >= 0.6 is 0 Å². The number of fused-ring (bicyclic) bond motifs is 1. The van der Waals surface area contributed by atoms with Gasteiger partial charge in [0.15, 0.2) is 0 Å². The Labute approximate surface area is 161 Å². The number of para-hydroxylation sites is 1. The molecular weight excluding hydrogens is 338 g/mol. The molecule has 5 nitrogen and oxygen atoms in total. The molecule has 0 aliphatic carbocycles. The van der Waals surface area contributed by atoms with Gasteiger partial charge in [0.25, 0.3) is 0 Å². The van der Waals surface area contributed by atoms with E-state index in [-0.39, 0.29) is 17.7 Å². The highest BCUT2D eigenvalue weighted by Crippen LogP contribution is 2.25. The van der Waals surface area contributed by atoms with Gasteiger partial charge < -0.3 is 14.4 Å². The van der Waals surface area contributed by atoms with E-state index in [9.17, 15) is 9.59 Å². The van der Waals surface area contributed by atoms with Crippen LogP contribution < -0.4 is 0 Å². The second-order valence-corrected chi connectivity index (χ2v) is 7.54. The smallest absolute Gasteiger partial charge is 0.227 e. The number of carbonyl (C=O) groups excluding carboxylic acids is 2. The van der Waals surface area contributed by atoms with Crippen molar-refractivity contribution in [1.82, 2.24) is 14.4 Å². The highest BCUT2D eigenvalue weighted by molar-refractivity contribution is 5.90. The van der Waals surface area contributed by atoms with Crippen molar-refractivity contribution in [3.8, 4) is 0 Å². The lowest BCUT2D eigenvalue weighted by atomic mass is 10.0. The fraction of sp³-hybridized carbons (Fsp3) is 0.545. The molecule has 146 valence electrons. The van der Waals surface area contributed by atoms with Gasteiger partial charge in [-0.3, -0.25) is 9.59 Å². The van der Waals surface area contributed by atoms with Crippen LogP contribution in [-0.2, 0) is 23.1 Å². The Morgan fingerprint density at radius 2 is 1.59 bits per heavy atom. The maximum atomic E-state index is 12.9. The molecule has 1 saturated heterocycles. The standard InChI is InChI=1S/C22H31N3O2/c1-5-17(6-2)22(27)25-13-11-24(12-14-25)21(26)15-19-16(3)23(4)20-10-8-7-9-18(19)20/h7-10,17H,5-6,11-15H2,1-4H3. The number of aryl methyl sites for hydroxylation is 1. The minimum atomic E-state index is 0.116. The Bertz CT molecular complexity index is 827. The maximum Gasteiger partial charge on any atom is 0.227 e. The molecule has 1 fully saturated rings. The zero-order valence-corrected chi connectivity index (χ0v) is 17.0. The van der Waals surface area contributed by atoms with Crippen LogP contribution in [0.1, 0.15) is 37.9 Å². The second kappa shape index (κ2) is 8.15. The van der Waals surface area contributed by atoms with Crippen molar-refractivity contribution < 1.29 is 9.59 Å². The first-order valence-electron chi connectivity index (χ1n) is 10.1. The molecule has 27 heavy (non-hydrogen) atoms. The van der Waals surface area contributed by atoms with Crippen LogP contribution in [0, 0.1) is 12.8 Å². The predicted molar refractivity (Wildman–Crippen MR) is 109 cm³/mol. The van der Waals surface area contributed by atoms with E-state index >= 15 is 0 Å². The average Bonchev–Trinajstić information content (AvgIpc) is 2.94. The number of benzene rings is 1. The number of amides is 2. The fourth-order valence-electron chi connectivity index (χ4n) is 4.16. The van der Waals surface area contributed by atoms with Crippen LogP contribution in [0.4, 0.5) is 0 Å². The van der Waals surface area contributed by atoms with E-state index < -0.39 is 0 Å². The maximum absolute atomic E-state index is 12.9. The van der Waals surface area contributed by atoms with Gasteiger partial charge in [0, 0.05) is 55.7 Å². The van der Waals surface area contributed by atoms with Crippen molar-refractivity contribution >= 4 is 22.7 Å². The number of rotatable bonds is 5. The molecule has 3 rings (SSSR count). The van der Waals surface area contributed by atoms with Gasteiger partial charge in [-0.2, -0.15) is 0 Å². The molecular formula is C22H31N3O2. The van der Waals surface area contributed by atoms with Gasteiger partial charge in [-0.25, -0.2) is 0 Å². The van der Waals surface area contributed by atoms with Gasteiger partial charge in [0.05, 0.1) is 6.42 Å². The Hall–Kier alpha value is -2.30. The molecule has 0 bridgehead atoms. The minimum absolute atomic E-state index is 0.116. The average molecular weight is 370 g/mol. The first-order chi connectivity index (χ1) is 13.0. The van der Waals surface area contributed by atoms with E-state index in [4.69, 9.17) is 0 Å². The van der Waals surface area contributed by atoms with E-state index in [1.165, 1.54) is 5.52 Å². The summed E-state index contributed by atoms with van der Waals surface area (Å²) in [5, 5.41) is 1.16. The molecule has 1 aliphatic heterocycles. The SMILES string of the molecule is CCC(CC)C(=O)N1CCN(C(=O)Cc2c(C)n(C)c3ccccc23)CC1. The van der Waals surface area contributed by atoms with Gasteiger partial charge >= 0.3 is 0 Å². The Balaban J connectivity index is 1.66. The summed E-state index contributed by atoms with van der Waals surface area (Å²) in [6, 6.07) is 8.25. The van der Waals surface area contributed by atoms with Crippen LogP contribution in [0.2, 0.25) is 0 Å². The molecule has 5 heteroatoms. The first-order valence-corrected chi connectivity index (χ1v) is 10.1. The van der Waals surface area contributed by atoms with Gasteiger partial charge in [-0.15, -0.1) is 0 Å². The number of piperazine rings is 1. The number of hydrogen-bond acceptors (Lipinski definition) is 2. The zero-order valence-electron chi connectivity index (χ0n) is 17.0. The number of nitrogens with zero attached hydrogens (tertiary/aromatic N) is 3. The first kappa shape index (κ1) is 19.5. The largest absolute Gasteiger partial charge is 0.348 e. The van der Waals surface area contributed by atoms with Crippen molar-refractivity contribution in [1.29, 1.82) is 0 Å². The van der Waals surface area contributed by atoms with Crippen LogP contribution in [0.5, 0.6) is 0 Å². The van der Waals surface area contributed by atoms with Crippen molar-refractivity contribution in [2.75, 3.05) is 26.2 Å². The highest BCUT2D eigenvalue weighted by atomic mass is 16.2. The van der Waals surface area contributed by atoms with Crippen LogP contribution in [0.15, 0.2) is 24.3 Å². The normalized spacial score (nSPS) is 15.0. The molecule has 2 amide bonds. The van der Waals surface area contributed by atoms with Crippen molar-refractivity contribution in [2.24, 2.45) is 13.0 Å². The predicted octanol–water partition coefficient (Wildman–Crippen LogP) is 3.14.